The first-order valence-corrected chi connectivity index (χ1v) is 7.39. The van der Waals surface area contributed by atoms with Gasteiger partial charge in [0.25, 0.3) is 0 Å². The van der Waals surface area contributed by atoms with Crippen LogP contribution in [0.4, 0.5) is 13.2 Å². The fourth-order valence-corrected chi connectivity index (χ4v) is 3.50. The molecule has 1 saturated carbocycles. The summed E-state index contributed by atoms with van der Waals surface area (Å²) in [4.78, 5) is 0. The number of aromatic nitrogens is 2. The Labute approximate surface area is 114 Å². The number of nitrogens with two attached hydrogens (primary N) is 1. The minimum Gasteiger partial charge on any atom is -0.322 e. The molecule has 0 bridgehead atoms. The third kappa shape index (κ3) is 3.45. The predicted molar refractivity (Wildman–Crippen MR) is 67.9 cm³/mol. The Kier molecular flexibility index (Phi) is 4.45. The average molecular weight is 293 g/mol. The molecule has 0 aliphatic heterocycles. The van der Waals surface area contributed by atoms with Gasteiger partial charge in [-0.15, -0.1) is 10.2 Å². The van der Waals surface area contributed by atoms with Crippen molar-refractivity contribution in [2.45, 2.75) is 57.2 Å². The lowest BCUT2D eigenvalue weighted by atomic mass is 9.82. The van der Waals surface area contributed by atoms with Crippen LogP contribution in [0.5, 0.6) is 0 Å². The van der Waals surface area contributed by atoms with Crippen molar-refractivity contribution in [3.63, 3.8) is 0 Å². The van der Waals surface area contributed by atoms with E-state index in [1.807, 2.05) is 6.92 Å². The summed E-state index contributed by atoms with van der Waals surface area (Å²) < 4.78 is 37.8. The Hall–Kier alpha value is -0.690. The molecule has 3 nitrogen and oxygen atoms in total. The standard InChI is InChI=1S/C12H18F3N3S/c1-2-9(16)11-18-17-10(19-11)7-3-5-8(6-4-7)12(13,14)15/h7-9H,2-6,16H2,1H3. The first kappa shape index (κ1) is 14.7. The molecule has 0 saturated heterocycles. The Morgan fingerprint density at radius 3 is 2.42 bits per heavy atom. The molecule has 2 N–H and O–H groups in total. The molecule has 2 rings (SSSR count). The highest BCUT2D eigenvalue weighted by molar-refractivity contribution is 7.11. The maximum absolute atomic E-state index is 12.6. The molecule has 1 aromatic rings. The van der Waals surface area contributed by atoms with Crippen LogP contribution in [-0.2, 0) is 0 Å². The van der Waals surface area contributed by atoms with Gasteiger partial charge < -0.3 is 5.73 Å². The minimum atomic E-state index is -4.05. The summed E-state index contributed by atoms with van der Waals surface area (Å²) in [6.45, 7) is 1.97. The molecule has 0 radical (unpaired) electrons. The largest absolute Gasteiger partial charge is 0.391 e. The van der Waals surface area contributed by atoms with Gasteiger partial charge in [-0.3, -0.25) is 0 Å². The number of rotatable bonds is 3. The van der Waals surface area contributed by atoms with E-state index < -0.39 is 12.1 Å². The van der Waals surface area contributed by atoms with Crippen molar-refractivity contribution in [3.05, 3.63) is 10.0 Å². The average Bonchev–Trinajstić information content (AvgIpc) is 2.86. The zero-order valence-electron chi connectivity index (χ0n) is 10.8. The SMILES string of the molecule is CCC(N)c1nnc(C2CCC(C(F)(F)F)CC2)s1. The van der Waals surface area contributed by atoms with Gasteiger partial charge in [-0.1, -0.05) is 18.3 Å². The molecular formula is C12H18F3N3S. The molecule has 1 fully saturated rings. The second-order valence-corrected chi connectivity index (χ2v) is 6.12. The number of halogens is 3. The van der Waals surface area contributed by atoms with E-state index in [9.17, 15) is 13.2 Å². The smallest absolute Gasteiger partial charge is 0.322 e. The van der Waals surface area contributed by atoms with Crippen molar-refractivity contribution in [2.24, 2.45) is 11.7 Å². The number of hydrogen-bond donors (Lipinski definition) is 1. The first-order chi connectivity index (χ1) is 8.91. The Morgan fingerprint density at radius 2 is 1.89 bits per heavy atom. The summed E-state index contributed by atoms with van der Waals surface area (Å²) in [6.07, 6.45) is -1.79. The van der Waals surface area contributed by atoms with Crippen molar-refractivity contribution >= 4 is 11.3 Å². The van der Waals surface area contributed by atoms with Gasteiger partial charge >= 0.3 is 6.18 Å². The molecule has 1 unspecified atom stereocenters. The molecule has 0 spiro atoms. The van der Waals surface area contributed by atoms with E-state index >= 15 is 0 Å². The van der Waals surface area contributed by atoms with Gasteiger partial charge in [0.1, 0.15) is 10.0 Å². The van der Waals surface area contributed by atoms with E-state index in [4.69, 9.17) is 5.73 Å². The normalized spacial score (nSPS) is 26.4. The van der Waals surface area contributed by atoms with Gasteiger partial charge in [-0.25, -0.2) is 0 Å². The molecule has 1 aromatic heterocycles. The topological polar surface area (TPSA) is 51.8 Å². The second-order valence-electron chi connectivity index (χ2n) is 5.08. The van der Waals surface area contributed by atoms with E-state index in [-0.39, 0.29) is 24.8 Å². The van der Waals surface area contributed by atoms with Crippen LogP contribution in [0.15, 0.2) is 0 Å². The van der Waals surface area contributed by atoms with Crippen molar-refractivity contribution in [3.8, 4) is 0 Å². The van der Waals surface area contributed by atoms with Crippen LogP contribution in [0.2, 0.25) is 0 Å². The molecular weight excluding hydrogens is 275 g/mol. The third-order valence-corrected chi connectivity index (χ3v) is 4.97. The van der Waals surface area contributed by atoms with Crippen molar-refractivity contribution in [2.75, 3.05) is 0 Å². The third-order valence-electron chi connectivity index (χ3n) is 3.75. The summed E-state index contributed by atoms with van der Waals surface area (Å²) in [5, 5.41) is 9.79. The predicted octanol–water partition coefficient (Wildman–Crippen LogP) is 3.78. The minimum absolute atomic E-state index is 0.113. The van der Waals surface area contributed by atoms with E-state index in [0.717, 1.165) is 16.4 Å². The van der Waals surface area contributed by atoms with Crippen molar-refractivity contribution in [1.29, 1.82) is 0 Å². The lowest BCUT2D eigenvalue weighted by Crippen LogP contribution is -2.27. The molecule has 1 aliphatic carbocycles. The van der Waals surface area contributed by atoms with Gasteiger partial charge in [0, 0.05) is 5.92 Å². The summed E-state index contributed by atoms with van der Waals surface area (Å²) in [5.41, 5.74) is 5.88. The maximum Gasteiger partial charge on any atom is 0.391 e. The molecule has 1 atom stereocenters. The van der Waals surface area contributed by atoms with E-state index in [2.05, 4.69) is 10.2 Å². The molecule has 0 aromatic carbocycles. The van der Waals surface area contributed by atoms with Crippen LogP contribution in [0, 0.1) is 5.92 Å². The Balaban J connectivity index is 1.96. The van der Waals surface area contributed by atoms with E-state index in [0.29, 0.717) is 12.8 Å². The highest BCUT2D eigenvalue weighted by Gasteiger charge is 2.42. The zero-order valence-corrected chi connectivity index (χ0v) is 11.6. The van der Waals surface area contributed by atoms with Crippen molar-refractivity contribution in [1.82, 2.24) is 10.2 Å². The van der Waals surface area contributed by atoms with E-state index in [1.165, 1.54) is 11.3 Å². The van der Waals surface area contributed by atoms with Gasteiger partial charge in [-0.2, -0.15) is 13.2 Å². The van der Waals surface area contributed by atoms with Gasteiger partial charge in [0.05, 0.1) is 12.0 Å². The summed E-state index contributed by atoms with van der Waals surface area (Å²) in [5.74, 6) is -1.03. The lowest BCUT2D eigenvalue weighted by Gasteiger charge is -2.28. The molecule has 0 amide bonds. The van der Waals surface area contributed by atoms with Crippen LogP contribution in [-0.4, -0.2) is 16.4 Å². The molecule has 1 aliphatic rings. The summed E-state index contributed by atoms with van der Waals surface area (Å²) >= 11 is 1.45. The molecule has 19 heavy (non-hydrogen) atoms. The summed E-state index contributed by atoms with van der Waals surface area (Å²) in [7, 11) is 0. The quantitative estimate of drug-likeness (QED) is 0.922. The van der Waals surface area contributed by atoms with E-state index in [1.54, 1.807) is 0 Å². The fraction of sp³-hybridized carbons (Fsp3) is 0.833. The monoisotopic (exact) mass is 293 g/mol. The highest BCUT2D eigenvalue weighted by atomic mass is 32.1. The summed E-state index contributed by atoms with van der Waals surface area (Å²) in [6, 6.07) is -0.113. The Morgan fingerprint density at radius 1 is 1.26 bits per heavy atom. The van der Waals surface area contributed by atoms with Gasteiger partial charge in [-0.05, 0) is 32.1 Å². The van der Waals surface area contributed by atoms with Crippen molar-refractivity contribution < 1.29 is 13.2 Å². The van der Waals surface area contributed by atoms with Gasteiger partial charge in [0.2, 0.25) is 0 Å². The second kappa shape index (κ2) is 5.75. The van der Waals surface area contributed by atoms with Crippen LogP contribution in [0.25, 0.3) is 0 Å². The number of alkyl halides is 3. The fourth-order valence-electron chi connectivity index (χ4n) is 2.40. The van der Waals surface area contributed by atoms with Crippen LogP contribution in [0.3, 0.4) is 0 Å². The molecule has 7 heteroatoms. The molecule has 108 valence electrons. The zero-order chi connectivity index (χ0) is 14.0. The van der Waals surface area contributed by atoms with Crippen LogP contribution >= 0.6 is 11.3 Å². The number of hydrogen-bond acceptors (Lipinski definition) is 4. The van der Waals surface area contributed by atoms with Gasteiger partial charge in [0.15, 0.2) is 0 Å². The van der Waals surface area contributed by atoms with Crippen LogP contribution < -0.4 is 5.73 Å². The first-order valence-electron chi connectivity index (χ1n) is 6.57. The molecule has 1 heterocycles. The Bertz CT molecular complexity index is 411. The highest BCUT2D eigenvalue weighted by Crippen LogP contribution is 2.43. The lowest BCUT2D eigenvalue weighted by molar-refractivity contribution is -0.182. The van der Waals surface area contributed by atoms with Crippen LogP contribution in [0.1, 0.15) is 61.0 Å². The maximum atomic E-state index is 12.6. The number of nitrogens with zero attached hydrogens (tertiary/aromatic N) is 2.